The maximum atomic E-state index is 4.03. The number of hydrogen-bond donors (Lipinski definition) is 1. The first-order chi connectivity index (χ1) is 6.38. The first-order valence-electron chi connectivity index (χ1n) is 4.69. The summed E-state index contributed by atoms with van der Waals surface area (Å²) in [6.07, 6.45) is 3.72. The molecule has 0 aromatic carbocycles. The van der Waals surface area contributed by atoms with Crippen LogP contribution < -0.4 is 5.32 Å². The van der Waals surface area contributed by atoms with Gasteiger partial charge in [0.2, 0.25) is 0 Å². The van der Waals surface area contributed by atoms with Gasteiger partial charge < -0.3 is 5.32 Å². The summed E-state index contributed by atoms with van der Waals surface area (Å²) in [6.45, 7) is 3.26. The van der Waals surface area contributed by atoms with Gasteiger partial charge in [-0.2, -0.15) is 0 Å². The Kier molecular flexibility index (Phi) is 2.57. The molecule has 1 atom stereocenters. The zero-order valence-electron chi connectivity index (χ0n) is 7.90. The van der Waals surface area contributed by atoms with E-state index in [1.807, 2.05) is 12.4 Å². The Labute approximate surface area is 78.8 Å². The molecular weight excluding hydrogens is 162 g/mol. The number of aromatic nitrogens is 1. The van der Waals surface area contributed by atoms with Gasteiger partial charge in [-0.3, -0.25) is 9.88 Å². The van der Waals surface area contributed by atoms with E-state index < -0.39 is 0 Å². The van der Waals surface area contributed by atoms with Crippen molar-refractivity contribution in [3.8, 4) is 0 Å². The van der Waals surface area contributed by atoms with Crippen LogP contribution in [-0.2, 0) is 0 Å². The van der Waals surface area contributed by atoms with Crippen LogP contribution in [0.25, 0.3) is 0 Å². The molecule has 13 heavy (non-hydrogen) atoms. The summed E-state index contributed by atoms with van der Waals surface area (Å²) in [4.78, 5) is 6.41. The second-order valence-electron chi connectivity index (χ2n) is 3.48. The summed E-state index contributed by atoms with van der Waals surface area (Å²) < 4.78 is 0. The van der Waals surface area contributed by atoms with E-state index in [4.69, 9.17) is 0 Å². The Morgan fingerprint density at radius 1 is 1.46 bits per heavy atom. The molecule has 0 saturated carbocycles. The smallest absolute Gasteiger partial charge is 0.0471 e. The maximum absolute atomic E-state index is 4.03. The first-order valence-corrected chi connectivity index (χ1v) is 4.69. The monoisotopic (exact) mass is 177 g/mol. The molecule has 1 aliphatic rings. The SMILES string of the molecule is CN1CCNCC1c1ccncc1. The molecule has 3 heteroatoms. The van der Waals surface area contributed by atoms with Gasteiger partial charge in [0, 0.05) is 38.1 Å². The fourth-order valence-corrected chi connectivity index (χ4v) is 1.76. The average Bonchev–Trinajstić information content (AvgIpc) is 2.20. The van der Waals surface area contributed by atoms with E-state index in [9.17, 15) is 0 Å². The molecule has 1 aromatic heterocycles. The largest absolute Gasteiger partial charge is 0.314 e. The minimum atomic E-state index is 0.511. The van der Waals surface area contributed by atoms with Crippen LogP contribution in [0, 0.1) is 0 Å². The summed E-state index contributed by atoms with van der Waals surface area (Å²) in [7, 11) is 2.17. The number of likely N-dealkylation sites (N-methyl/N-ethyl adjacent to an activating group) is 1. The van der Waals surface area contributed by atoms with Gasteiger partial charge in [-0.15, -0.1) is 0 Å². The standard InChI is InChI=1S/C10H15N3/c1-13-7-6-12-8-10(13)9-2-4-11-5-3-9/h2-5,10,12H,6-8H2,1H3. The van der Waals surface area contributed by atoms with Crippen LogP contribution in [0.4, 0.5) is 0 Å². The Hall–Kier alpha value is -0.930. The maximum Gasteiger partial charge on any atom is 0.0471 e. The van der Waals surface area contributed by atoms with E-state index in [0.717, 1.165) is 19.6 Å². The molecule has 0 bridgehead atoms. The highest BCUT2D eigenvalue weighted by Gasteiger charge is 2.19. The predicted octanol–water partition coefficient (Wildman–Crippen LogP) is 0.658. The topological polar surface area (TPSA) is 28.2 Å². The highest BCUT2D eigenvalue weighted by Crippen LogP contribution is 2.18. The lowest BCUT2D eigenvalue weighted by molar-refractivity contribution is 0.202. The zero-order chi connectivity index (χ0) is 9.10. The van der Waals surface area contributed by atoms with E-state index in [2.05, 4.69) is 34.4 Å². The fourth-order valence-electron chi connectivity index (χ4n) is 1.76. The Morgan fingerprint density at radius 2 is 2.23 bits per heavy atom. The second kappa shape index (κ2) is 3.85. The molecular formula is C10H15N3. The summed E-state index contributed by atoms with van der Waals surface area (Å²) in [6, 6.07) is 4.69. The highest BCUT2D eigenvalue weighted by atomic mass is 15.2. The van der Waals surface area contributed by atoms with Crippen molar-refractivity contribution in [2.45, 2.75) is 6.04 Å². The number of hydrogen-bond acceptors (Lipinski definition) is 3. The van der Waals surface area contributed by atoms with Gasteiger partial charge in [0.05, 0.1) is 0 Å². The number of rotatable bonds is 1. The van der Waals surface area contributed by atoms with Crippen molar-refractivity contribution in [2.24, 2.45) is 0 Å². The molecule has 2 heterocycles. The van der Waals surface area contributed by atoms with E-state index in [1.165, 1.54) is 5.56 Å². The zero-order valence-corrected chi connectivity index (χ0v) is 7.90. The van der Waals surface area contributed by atoms with Crippen molar-refractivity contribution in [1.82, 2.24) is 15.2 Å². The van der Waals surface area contributed by atoms with Crippen LogP contribution in [0.5, 0.6) is 0 Å². The van der Waals surface area contributed by atoms with Crippen LogP contribution in [0.1, 0.15) is 11.6 Å². The molecule has 0 radical (unpaired) electrons. The van der Waals surface area contributed by atoms with Crippen molar-refractivity contribution in [3.63, 3.8) is 0 Å². The van der Waals surface area contributed by atoms with Gasteiger partial charge in [-0.25, -0.2) is 0 Å². The third-order valence-electron chi connectivity index (χ3n) is 2.60. The predicted molar refractivity (Wildman–Crippen MR) is 52.5 cm³/mol. The molecule has 70 valence electrons. The van der Waals surface area contributed by atoms with Crippen LogP contribution in [0.3, 0.4) is 0 Å². The normalized spacial score (nSPS) is 24.5. The molecule has 0 aliphatic carbocycles. The minimum absolute atomic E-state index is 0.511. The number of pyridine rings is 1. The van der Waals surface area contributed by atoms with E-state index in [0.29, 0.717) is 6.04 Å². The van der Waals surface area contributed by atoms with E-state index in [-0.39, 0.29) is 0 Å². The Bertz CT molecular complexity index is 260. The van der Waals surface area contributed by atoms with Gasteiger partial charge in [0.25, 0.3) is 0 Å². The molecule has 1 aromatic rings. The molecule has 1 unspecified atom stereocenters. The lowest BCUT2D eigenvalue weighted by atomic mass is 10.1. The average molecular weight is 177 g/mol. The van der Waals surface area contributed by atoms with Crippen molar-refractivity contribution in [1.29, 1.82) is 0 Å². The molecule has 1 saturated heterocycles. The van der Waals surface area contributed by atoms with Gasteiger partial charge in [0.1, 0.15) is 0 Å². The van der Waals surface area contributed by atoms with Crippen molar-refractivity contribution in [3.05, 3.63) is 30.1 Å². The molecule has 2 rings (SSSR count). The Balaban J connectivity index is 2.15. The minimum Gasteiger partial charge on any atom is -0.314 e. The number of nitrogens with zero attached hydrogens (tertiary/aromatic N) is 2. The van der Waals surface area contributed by atoms with Gasteiger partial charge in [0.15, 0.2) is 0 Å². The number of piperazine rings is 1. The van der Waals surface area contributed by atoms with Crippen molar-refractivity contribution < 1.29 is 0 Å². The molecule has 3 nitrogen and oxygen atoms in total. The summed E-state index contributed by atoms with van der Waals surface area (Å²) in [5.74, 6) is 0. The second-order valence-corrected chi connectivity index (χ2v) is 3.48. The third kappa shape index (κ3) is 1.87. The van der Waals surface area contributed by atoms with Gasteiger partial charge in [-0.1, -0.05) is 0 Å². The number of nitrogens with one attached hydrogen (secondary N) is 1. The molecule has 0 spiro atoms. The van der Waals surface area contributed by atoms with Crippen LogP contribution in [0.15, 0.2) is 24.5 Å². The summed E-state index contributed by atoms with van der Waals surface area (Å²) in [5, 5.41) is 3.40. The Morgan fingerprint density at radius 3 is 2.92 bits per heavy atom. The first kappa shape index (κ1) is 8.66. The van der Waals surface area contributed by atoms with Crippen LogP contribution in [0.2, 0.25) is 0 Å². The van der Waals surface area contributed by atoms with E-state index >= 15 is 0 Å². The summed E-state index contributed by atoms with van der Waals surface area (Å²) >= 11 is 0. The van der Waals surface area contributed by atoms with Crippen molar-refractivity contribution >= 4 is 0 Å². The van der Waals surface area contributed by atoms with E-state index in [1.54, 1.807) is 0 Å². The quantitative estimate of drug-likeness (QED) is 0.683. The molecule has 1 N–H and O–H groups in total. The van der Waals surface area contributed by atoms with Gasteiger partial charge >= 0.3 is 0 Å². The van der Waals surface area contributed by atoms with Crippen molar-refractivity contribution in [2.75, 3.05) is 26.7 Å². The fraction of sp³-hybridized carbons (Fsp3) is 0.500. The lowest BCUT2D eigenvalue weighted by Gasteiger charge is -2.33. The third-order valence-corrected chi connectivity index (χ3v) is 2.60. The van der Waals surface area contributed by atoms with Crippen LogP contribution >= 0.6 is 0 Å². The van der Waals surface area contributed by atoms with Gasteiger partial charge in [-0.05, 0) is 24.7 Å². The highest BCUT2D eigenvalue weighted by molar-refractivity contribution is 5.16. The van der Waals surface area contributed by atoms with Crippen LogP contribution in [-0.4, -0.2) is 36.6 Å². The lowest BCUT2D eigenvalue weighted by Crippen LogP contribution is -2.43. The molecule has 1 fully saturated rings. The molecule has 0 amide bonds. The summed E-state index contributed by atoms with van der Waals surface area (Å²) in [5.41, 5.74) is 1.35. The molecule has 1 aliphatic heterocycles.